The van der Waals surface area contributed by atoms with Crippen LogP contribution in [-0.2, 0) is 11.0 Å². The predicted octanol–water partition coefficient (Wildman–Crippen LogP) is 4.48. The molecule has 2 spiro atoms. The standard InChI is InChI=1S/C26H25F3N6O2S/c27-26(28,29)19-11-17(15-31-20(19)13-30)34-22(36)25(8-2-9-25)35(23(34)38)16-3-4-21(32-14-16)37-18-5-10-33-24(12-18)6-1-7-24/h3-4,11,14-15,18,33H,1-2,5-10,12H2. The number of aromatic nitrogens is 2. The van der Waals surface area contributed by atoms with Gasteiger partial charge in [0.2, 0.25) is 5.88 Å². The highest BCUT2D eigenvalue weighted by molar-refractivity contribution is 7.81. The summed E-state index contributed by atoms with van der Waals surface area (Å²) in [7, 11) is 0. The van der Waals surface area contributed by atoms with Gasteiger partial charge in [-0.3, -0.25) is 9.69 Å². The highest BCUT2D eigenvalue weighted by Crippen LogP contribution is 2.48. The molecule has 1 amide bonds. The minimum atomic E-state index is -4.81. The molecule has 1 unspecified atom stereocenters. The molecule has 2 aromatic heterocycles. The van der Waals surface area contributed by atoms with Crippen LogP contribution in [0.2, 0.25) is 0 Å². The lowest BCUT2D eigenvalue weighted by Gasteiger charge is -2.48. The fourth-order valence-electron chi connectivity index (χ4n) is 6.03. The van der Waals surface area contributed by atoms with Gasteiger partial charge in [-0.25, -0.2) is 9.97 Å². The van der Waals surface area contributed by atoms with Crippen molar-refractivity contribution in [2.45, 2.75) is 74.7 Å². The van der Waals surface area contributed by atoms with Gasteiger partial charge in [0, 0.05) is 18.0 Å². The zero-order valence-electron chi connectivity index (χ0n) is 20.4. The number of piperidine rings is 1. The van der Waals surface area contributed by atoms with E-state index >= 15 is 0 Å². The lowest BCUT2D eigenvalue weighted by atomic mass is 9.71. The van der Waals surface area contributed by atoms with Crippen molar-refractivity contribution >= 4 is 34.6 Å². The maximum atomic E-state index is 13.6. The van der Waals surface area contributed by atoms with Gasteiger partial charge in [0.05, 0.1) is 29.3 Å². The van der Waals surface area contributed by atoms with Gasteiger partial charge in [0.1, 0.15) is 17.7 Å². The zero-order chi connectivity index (χ0) is 26.7. The number of alkyl halides is 3. The van der Waals surface area contributed by atoms with Crippen LogP contribution in [0.1, 0.15) is 62.6 Å². The number of amides is 1. The van der Waals surface area contributed by atoms with Gasteiger partial charge in [-0.1, -0.05) is 0 Å². The molecule has 8 nitrogen and oxygen atoms in total. The number of halogens is 3. The van der Waals surface area contributed by atoms with Crippen LogP contribution >= 0.6 is 12.2 Å². The molecule has 4 aliphatic rings. The Balaban J connectivity index is 1.26. The number of thiocarbonyl (C=S) groups is 1. The molecule has 6 rings (SSSR count). The number of nitrogens with zero attached hydrogens (tertiary/aromatic N) is 5. The third-order valence-electron chi connectivity index (χ3n) is 8.30. The number of hydrogen-bond acceptors (Lipinski definition) is 7. The van der Waals surface area contributed by atoms with Crippen molar-refractivity contribution in [1.29, 1.82) is 5.26 Å². The van der Waals surface area contributed by atoms with Gasteiger partial charge < -0.3 is 15.0 Å². The smallest absolute Gasteiger partial charge is 0.419 e. The Labute approximate surface area is 222 Å². The van der Waals surface area contributed by atoms with Crippen LogP contribution in [0.25, 0.3) is 0 Å². The second-order valence-electron chi connectivity index (χ2n) is 10.5. The summed E-state index contributed by atoms with van der Waals surface area (Å²) in [5.74, 6) is 0.0754. The van der Waals surface area contributed by atoms with Crippen LogP contribution in [0.4, 0.5) is 24.5 Å². The maximum absolute atomic E-state index is 13.6. The number of ether oxygens (including phenoxy) is 1. The molecule has 1 atom stereocenters. The predicted molar refractivity (Wildman–Crippen MR) is 136 cm³/mol. The summed E-state index contributed by atoms with van der Waals surface area (Å²) in [6.45, 7) is 0.908. The van der Waals surface area contributed by atoms with Crippen LogP contribution in [0.5, 0.6) is 5.88 Å². The molecule has 4 heterocycles. The fourth-order valence-corrected chi connectivity index (χ4v) is 6.50. The molecular weight excluding hydrogens is 517 g/mol. The first kappa shape index (κ1) is 25.0. The van der Waals surface area contributed by atoms with Crippen molar-refractivity contribution in [3.8, 4) is 11.9 Å². The number of pyridine rings is 2. The van der Waals surface area contributed by atoms with Gasteiger partial charge in [-0.05, 0) is 75.8 Å². The molecule has 0 aromatic carbocycles. The summed E-state index contributed by atoms with van der Waals surface area (Å²) in [6.07, 6.45) is 5.14. The average molecular weight is 543 g/mol. The van der Waals surface area contributed by atoms with E-state index in [1.165, 1.54) is 12.5 Å². The molecule has 0 bridgehead atoms. The van der Waals surface area contributed by atoms with E-state index in [2.05, 4.69) is 15.3 Å². The Morgan fingerprint density at radius 2 is 1.87 bits per heavy atom. The number of nitrogens with one attached hydrogen (secondary N) is 1. The van der Waals surface area contributed by atoms with E-state index in [9.17, 15) is 18.0 Å². The molecule has 0 radical (unpaired) electrons. The van der Waals surface area contributed by atoms with Gasteiger partial charge in [0.25, 0.3) is 5.91 Å². The molecule has 12 heteroatoms. The minimum Gasteiger partial charge on any atom is -0.474 e. The van der Waals surface area contributed by atoms with Gasteiger partial charge >= 0.3 is 6.18 Å². The molecule has 2 aliphatic heterocycles. The third-order valence-corrected chi connectivity index (χ3v) is 8.66. The Morgan fingerprint density at radius 1 is 1.13 bits per heavy atom. The van der Waals surface area contributed by atoms with E-state index in [0.29, 0.717) is 24.4 Å². The number of nitriles is 1. The largest absolute Gasteiger partial charge is 0.474 e. The van der Waals surface area contributed by atoms with Crippen molar-refractivity contribution in [2.24, 2.45) is 0 Å². The van der Waals surface area contributed by atoms with E-state index < -0.39 is 28.9 Å². The van der Waals surface area contributed by atoms with E-state index in [0.717, 1.165) is 55.8 Å². The van der Waals surface area contributed by atoms with E-state index in [1.807, 2.05) is 0 Å². The summed E-state index contributed by atoms with van der Waals surface area (Å²) in [5, 5.41) is 12.8. The molecule has 2 aliphatic carbocycles. The Hall–Kier alpha value is -3.30. The maximum Gasteiger partial charge on any atom is 0.419 e. The minimum absolute atomic E-state index is 0.0510. The summed E-state index contributed by atoms with van der Waals surface area (Å²) in [5.41, 5.74) is -2.32. The van der Waals surface area contributed by atoms with Crippen molar-refractivity contribution in [2.75, 3.05) is 16.3 Å². The average Bonchev–Trinajstić information content (AvgIpc) is 3.09. The summed E-state index contributed by atoms with van der Waals surface area (Å²) in [4.78, 5) is 24.5. The van der Waals surface area contributed by atoms with E-state index in [-0.39, 0.29) is 22.4 Å². The molecular formula is C26H25F3N6O2S. The van der Waals surface area contributed by atoms with Gasteiger partial charge in [-0.2, -0.15) is 18.4 Å². The molecule has 2 saturated carbocycles. The van der Waals surface area contributed by atoms with Crippen LogP contribution in [0.15, 0.2) is 30.6 Å². The van der Waals surface area contributed by atoms with Crippen LogP contribution < -0.4 is 19.9 Å². The van der Waals surface area contributed by atoms with Crippen LogP contribution in [-0.4, -0.2) is 44.7 Å². The topological polar surface area (TPSA) is 94.4 Å². The van der Waals surface area contributed by atoms with Crippen LogP contribution in [0, 0.1) is 11.3 Å². The summed E-state index contributed by atoms with van der Waals surface area (Å²) in [6, 6.07) is 5.75. The van der Waals surface area contributed by atoms with Crippen LogP contribution in [0.3, 0.4) is 0 Å². The monoisotopic (exact) mass is 542 g/mol. The fraction of sp³-hybridized carbons (Fsp3) is 0.500. The molecule has 2 saturated heterocycles. The lowest BCUT2D eigenvalue weighted by Crippen LogP contribution is -2.57. The van der Waals surface area contributed by atoms with Crippen molar-refractivity contribution in [3.05, 3.63) is 41.9 Å². The Morgan fingerprint density at radius 3 is 2.45 bits per heavy atom. The number of hydrogen-bond donors (Lipinski definition) is 1. The molecule has 4 fully saturated rings. The normalized spacial score (nSPS) is 23.8. The number of carbonyl (C=O) groups excluding carboxylic acids is 1. The third kappa shape index (κ3) is 3.91. The molecule has 38 heavy (non-hydrogen) atoms. The van der Waals surface area contributed by atoms with Gasteiger partial charge in [0.15, 0.2) is 10.8 Å². The number of rotatable bonds is 4. The Bertz CT molecular complexity index is 1330. The SMILES string of the molecule is N#Cc1ncc(N2C(=O)C3(CCC3)N(c3ccc(OC4CCNC5(CCC5)C4)nc3)C2=S)cc1C(F)(F)F. The van der Waals surface area contributed by atoms with Crippen molar-refractivity contribution in [1.82, 2.24) is 15.3 Å². The van der Waals surface area contributed by atoms with Crippen molar-refractivity contribution < 1.29 is 22.7 Å². The molecule has 1 N–H and O–H groups in total. The highest BCUT2D eigenvalue weighted by Gasteiger charge is 2.60. The summed E-state index contributed by atoms with van der Waals surface area (Å²) >= 11 is 5.65. The van der Waals surface area contributed by atoms with Crippen molar-refractivity contribution in [3.63, 3.8) is 0 Å². The van der Waals surface area contributed by atoms with E-state index in [1.54, 1.807) is 23.2 Å². The first-order valence-corrected chi connectivity index (χ1v) is 13.1. The number of anilines is 2. The molecule has 198 valence electrons. The quantitative estimate of drug-likeness (QED) is 0.566. The summed E-state index contributed by atoms with van der Waals surface area (Å²) < 4.78 is 46.9. The zero-order valence-corrected chi connectivity index (χ0v) is 21.2. The first-order chi connectivity index (χ1) is 18.2. The second-order valence-corrected chi connectivity index (χ2v) is 10.9. The Kier molecular flexibility index (Phi) is 5.84. The highest BCUT2D eigenvalue weighted by atomic mass is 32.1. The lowest BCUT2D eigenvalue weighted by molar-refractivity contribution is -0.138. The molecule has 2 aromatic rings. The number of carbonyl (C=O) groups is 1. The first-order valence-electron chi connectivity index (χ1n) is 12.7. The second kappa shape index (κ2) is 8.88. The van der Waals surface area contributed by atoms with Gasteiger partial charge in [-0.15, -0.1) is 0 Å². The van der Waals surface area contributed by atoms with E-state index in [4.69, 9.17) is 22.2 Å².